The fraction of sp³-hybridized carbons (Fsp3) is 0.217. The third-order valence-electron chi connectivity index (χ3n) is 5.02. The Morgan fingerprint density at radius 1 is 1.06 bits per heavy atom. The number of carbonyl (C=O) groups excluding carboxylic acids is 2. The van der Waals surface area contributed by atoms with E-state index in [1.165, 1.54) is 20.1 Å². The Balaban J connectivity index is 1.60. The summed E-state index contributed by atoms with van der Waals surface area (Å²) in [6.07, 6.45) is 0. The smallest absolute Gasteiger partial charge is 0.267 e. The summed E-state index contributed by atoms with van der Waals surface area (Å²) in [5, 5.41) is 9.78. The van der Waals surface area contributed by atoms with Gasteiger partial charge in [0.15, 0.2) is 11.5 Å². The van der Waals surface area contributed by atoms with Crippen molar-refractivity contribution in [2.75, 3.05) is 24.5 Å². The molecular weight excluding hydrogens is 428 g/mol. The number of amides is 2. The average Bonchev–Trinajstić information content (AvgIpc) is 3.26. The van der Waals surface area contributed by atoms with Crippen molar-refractivity contribution in [1.82, 2.24) is 9.78 Å². The Morgan fingerprint density at radius 2 is 1.85 bits per heavy atom. The molecule has 1 aliphatic rings. The summed E-state index contributed by atoms with van der Waals surface area (Å²) in [4.78, 5) is 36.8. The minimum atomic E-state index is -0.930. The number of ether oxygens (including phenoxy) is 3. The molecule has 2 aromatic carbocycles. The molecule has 1 aromatic heterocycles. The number of aromatic nitrogens is 2. The van der Waals surface area contributed by atoms with Gasteiger partial charge >= 0.3 is 0 Å². The van der Waals surface area contributed by atoms with Crippen molar-refractivity contribution in [3.63, 3.8) is 0 Å². The van der Waals surface area contributed by atoms with Gasteiger partial charge in [0.25, 0.3) is 5.56 Å². The van der Waals surface area contributed by atoms with Gasteiger partial charge in [-0.3, -0.25) is 14.4 Å². The maximum Gasteiger partial charge on any atom is 0.267 e. The van der Waals surface area contributed by atoms with Crippen LogP contribution in [0.5, 0.6) is 17.2 Å². The van der Waals surface area contributed by atoms with Crippen LogP contribution in [0.3, 0.4) is 0 Å². The van der Waals surface area contributed by atoms with Crippen molar-refractivity contribution in [3.8, 4) is 28.5 Å². The average molecular weight is 450 g/mol. The Labute approximate surface area is 189 Å². The minimum absolute atomic E-state index is 0.148. The molecule has 2 amide bonds. The van der Waals surface area contributed by atoms with E-state index >= 15 is 0 Å². The molecule has 10 nitrogen and oxygen atoms in total. The third-order valence-corrected chi connectivity index (χ3v) is 5.02. The summed E-state index contributed by atoms with van der Waals surface area (Å²) in [6.45, 7) is 3.10. The predicted molar refractivity (Wildman–Crippen MR) is 121 cm³/mol. The van der Waals surface area contributed by atoms with E-state index in [2.05, 4.69) is 15.7 Å². The van der Waals surface area contributed by atoms with Crippen LogP contribution >= 0.6 is 0 Å². The number of anilines is 2. The van der Waals surface area contributed by atoms with Gasteiger partial charge in [0.2, 0.25) is 18.6 Å². The van der Waals surface area contributed by atoms with E-state index < -0.39 is 17.5 Å². The second-order valence-corrected chi connectivity index (χ2v) is 7.33. The van der Waals surface area contributed by atoms with Crippen LogP contribution < -0.4 is 30.4 Å². The van der Waals surface area contributed by atoms with Gasteiger partial charge in [-0.1, -0.05) is 0 Å². The van der Waals surface area contributed by atoms with E-state index in [9.17, 15) is 14.4 Å². The molecule has 0 saturated carbocycles. The van der Waals surface area contributed by atoms with Gasteiger partial charge in [0.05, 0.1) is 18.5 Å². The molecule has 1 atom stereocenters. The van der Waals surface area contributed by atoms with Crippen molar-refractivity contribution < 1.29 is 23.8 Å². The standard InChI is InChI=1S/C23H22N4O6/c1-13(23(30)25-18-11-16(24-14(2)28)5-8-19(18)31-3)27-22(29)9-6-17(26-27)15-4-7-20-21(10-15)33-12-32-20/h4-11,13H,12H2,1-3H3,(H,24,28)(H,25,30). The number of hydrogen-bond acceptors (Lipinski definition) is 7. The molecule has 0 radical (unpaired) electrons. The topological polar surface area (TPSA) is 121 Å². The molecule has 33 heavy (non-hydrogen) atoms. The molecule has 1 aliphatic heterocycles. The van der Waals surface area contributed by atoms with Crippen LogP contribution in [-0.2, 0) is 9.59 Å². The van der Waals surface area contributed by atoms with E-state index in [0.717, 1.165) is 4.68 Å². The number of benzene rings is 2. The summed E-state index contributed by atoms with van der Waals surface area (Å²) in [5.74, 6) is 0.894. The molecule has 170 valence electrons. The van der Waals surface area contributed by atoms with Crippen LogP contribution in [0.15, 0.2) is 53.3 Å². The van der Waals surface area contributed by atoms with Crippen molar-refractivity contribution in [3.05, 3.63) is 58.9 Å². The molecule has 0 saturated heterocycles. The maximum atomic E-state index is 13.0. The summed E-state index contributed by atoms with van der Waals surface area (Å²) in [5.41, 5.74) is 1.62. The predicted octanol–water partition coefficient (Wildman–Crippen LogP) is 2.81. The van der Waals surface area contributed by atoms with E-state index in [1.54, 1.807) is 49.4 Å². The zero-order valence-corrected chi connectivity index (χ0v) is 18.2. The number of rotatable bonds is 6. The van der Waals surface area contributed by atoms with Gasteiger partial charge in [-0.2, -0.15) is 5.10 Å². The zero-order chi connectivity index (χ0) is 23.5. The highest BCUT2D eigenvalue weighted by Gasteiger charge is 2.21. The lowest BCUT2D eigenvalue weighted by atomic mass is 10.1. The molecule has 3 aromatic rings. The van der Waals surface area contributed by atoms with E-state index in [-0.39, 0.29) is 12.7 Å². The first kappa shape index (κ1) is 21.9. The van der Waals surface area contributed by atoms with Crippen LogP contribution in [-0.4, -0.2) is 35.5 Å². The minimum Gasteiger partial charge on any atom is -0.495 e. The second-order valence-electron chi connectivity index (χ2n) is 7.33. The number of carbonyl (C=O) groups is 2. The zero-order valence-electron chi connectivity index (χ0n) is 18.2. The number of nitrogens with zero attached hydrogens (tertiary/aromatic N) is 2. The summed E-state index contributed by atoms with van der Waals surface area (Å²) in [7, 11) is 1.47. The molecule has 0 fully saturated rings. The quantitative estimate of drug-likeness (QED) is 0.592. The Morgan fingerprint density at radius 3 is 2.61 bits per heavy atom. The molecule has 0 aliphatic carbocycles. The molecule has 1 unspecified atom stereocenters. The molecule has 0 bridgehead atoms. The first-order valence-corrected chi connectivity index (χ1v) is 10.1. The fourth-order valence-corrected chi connectivity index (χ4v) is 3.35. The number of methoxy groups -OCH3 is 1. The van der Waals surface area contributed by atoms with E-state index in [0.29, 0.717) is 39.9 Å². The molecule has 2 heterocycles. The summed E-state index contributed by atoms with van der Waals surface area (Å²) in [6, 6.07) is 12.2. The SMILES string of the molecule is COc1ccc(NC(C)=O)cc1NC(=O)C(C)n1nc(-c2ccc3c(c2)OCO3)ccc1=O. The Kier molecular flexibility index (Phi) is 5.99. The van der Waals surface area contributed by atoms with Gasteiger partial charge in [-0.05, 0) is 49.4 Å². The molecule has 0 spiro atoms. The van der Waals surface area contributed by atoms with Gasteiger partial charge in [-0.25, -0.2) is 4.68 Å². The largest absolute Gasteiger partial charge is 0.495 e. The van der Waals surface area contributed by atoms with Gasteiger partial charge in [0, 0.05) is 24.2 Å². The number of fused-ring (bicyclic) bond motifs is 1. The highest BCUT2D eigenvalue weighted by atomic mass is 16.7. The van der Waals surface area contributed by atoms with Crippen molar-refractivity contribution in [2.45, 2.75) is 19.9 Å². The van der Waals surface area contributed by atoms with Crippen molar-refractivity contribution in [1.29, 1.82) is 0 Å². The molecule has 4 rings (SSSR count). The normalized spacial score (nSPS) is 12.7. The summed E-state index contributed by atoms with van der Waals surface area (Å²) >= 11 is 0. The summed E-state index contributed by atoms with van der Waals surface area (Å²) < 4.78 is 17.1. The number of nitrogens with one attached hydrogen (secondary N) is 2. The fourth-order valence-electron chi connectivity index (χ4n) is 3.35. The monoisotopic (exact) mass is 450 g/mol. The van der Waals surface area contributed by atoms with E-state index in [4.69, 9.17) is 14.2 Å². The second kappa shape index (κ2) is 9.03. The first-order chi connectivity index (χ1) is 15.9. The lowest BCUT2D eigenvalue weighted by Crippen LogP contribution is -2.33. The van der Waals surface area contributed by atoms with Crippen LogP contribution in [0.1, 0.15) is 19.9 Å². The number of hydrogen-bond donors (Lipinski definition) is 2. The molecular formula is C23H22N4O6. The highest BCUT2D eigenvalue weighted by Crippen LogP contribution is 2.35. The molecule has 2 N–H and O–H groups in total. The highest BCUT2D eigenvalue weighted by molar-refractivity contribution is 5.96. The Hall–Kier alpha value is -4.34. The van der Waals surface area contributed by atoms with Gasteiger partial charge in [0.1, 0.15) is 11.8 Å². The first-order valence-electron chi connectivity index (χ1n) is 10.1. The van der Waals surface area contributed by atoms with Crippen LogP contribution in [0.2, 0.25) is 0 Å². The Bertz CT molecular complexity index is 1290. The van der Waals surface area contributed by atoms with Crippen LogP contribution in [0.4, 0.5) is 11.4 Å². The third kappa shape index (κ3) is 4.64. The van der Waals surface area contributed by atoms with Crippen molar-refractivity contribution >= 4 is 23.2 Å². The van der Waals surface area contributed by atoms with Crippen LogP contribution in [0, 0.1) is 0 Å². The molecule has 10 heteroatoms. The maximum absolute atomic E-state index is 13.0. The lowest BCUT2D eigenvalue weighted by molar-refractivity contribution is -0.119. The van der Waals surface area contributed by atoms with Gasteiger partial charge in [-0.15, -0.1) is 0 Å². The van der Waals surface area contributed by atoms with Crippen molar-refractivity contribution in [2.24, 2.45) is 0 Å². The van der Waals surface area contributed by atoms with Gasteiger partial charge < -0.3 is 24.8 Å². The lowest BCUT2D eigenvalue weighted by Gasteiger charge is -2.17. The van der Waals surface area contributed by atoms with E-state index in [1.807, 2.05) is 0 Å². The van der Waals surface area contributed by atoms with Crippen LogP contribution in [0.25, 0.3) is 11.3 Å².